The van der Waals surface area contributed by atoms with E-state index in [1.165, 1.54) is 29.0 Å². The molecule has 2 aliphatic carbocycles. The first-order valence-electron chi connectivity index (χ1n) is 14.9. The van der Waals surface area contributed by atoms with Crippen LogP contribution in [0.15, 0.2) is 66.2 Å². The number of aryl methyl sites for hydroxylation is 2. The highest BCUT2D eigenvalue weighted by Gasteiger charge is 2.62. The number of carbonyl (C=O) groups is 4. The van der Waals surface area contributed by atoms with Gasteiger partial charge < -0.3 is 9.84 Å². The lowest BCUT2D eigenvalue weighted by molar-refractivity contribution is -0.126. The van der Waals surface area contributed by atoms with Gasteiger partial charge >= 0.3 is 0 Å². The normalized spacial score (nSPS) is 27.4. The van der Waals surface area contributed by atoms with Gasteiger partial charge in [0.05, 0.1) is 42.2 Å². The molecular weight excluding hydrogens is 615 g/mol. The van der Waals surface area contributed by atoms with E-state index in [2.05, 4.69) is 0 Å². The maximum atomic E-state index is 14.3. The van der Waals surface area contributed by atoms with Gasteiger partial charge in [0.2, 0.25) is 23.6 Å². The van der Waals surface area contributed by atoms with Crippen LogP contribution in [0.3, 0.4) is 0 Å². The van der Waals surface area contributed by atoms with Crippen molar-refractivity contribution in [3.05, 3.63) is 93.0 Å². The summed E-state index contributed by atoms with van der Waals surface area (Å²) in [5.74, 6) is -4.98. The molecule has 1 saturated carbocycles. The van der Waals surface area contributed by atoms with Crippen LogP contribution in [-0.2, 0) is 19.2 Å². The van der Waals surface area contributed by atoms with Gasteiger partial charge in [0.1, 0.15) is 11.5 Å². The van der Waals surface area contributed by atoms with Crippen LogP contribution in [-0.4, -0.2) is 35.8 Å². The fraction of sp³-hybridized carbons (Fsp3) is 0.314. The van der Waals surface area contributed by atoms with Crippen LogP contribution in [0.2, 0.25) is 10.0 Å². The standard InChI is InChI=1S/C35H30Cl2N2O6/c1-16-4-6-18(12-26(16)36)38-32(41)23-11-10-21-24(30(23)34(38)43)15-25-31(29(21)22-9-8-20(40)14-28(22)45-3)35(44)39(33(25)42)19-7-5-17(2)27(37)13-19/h4-10,12-14,23-25,29-31,40H,11,15H2,1-3H3/t23-,24+,25+,29+,30-,31+/m0/s1. The molecule has 3 fully saturated rings. The summed E-state index contributed by atoms with van der Waals surface area (Å²) in [7, 11) is 1.48. The summed E-state index contributed by atoms with van der Waals surface area (Å²) in [4.78, 5) is 58.9. The minimum Gasteiger partial charge on any atom is -0.508 e. The van der Waals surface area contributed by atoms with Crippen LogP contribution < -0.4 is 14.5 Å². The number of halogens is 2. The summed E-state index contributed by atoms with van der Waals surface area (Å²) in [6.07, 6.45) is 2.51. The quantitative estimate of drug-likeness (QED) is 0.261. The molecule has 8 nitrogen and oxygen atoms in total. The monoisotopic (exact) mass is 644 g/mol. The average Bonchev–Trinajstić information content (AvgIpc) is 3.42. The molecule has 6 atom stereocenters. The zero-order chi connectivity index (χ0) is 31.9. The lowest BCUT2D eigenvalue weighted by Crippen LogP contribution is -2.43. The summed E-state index contributed by atoms with van der Waals surface area (Å²) in [5.41, 5.74) is 3.90. The molecule has 4 aliphatic rings. The minimum atomic E-state index is -0.783. The van der Waals surface area contributed by atoms with Gasteiger partial charge in [-0.1, -0.05) is 53.1 Å². The molecule has 7 rings (SSSR count). The van der Waals surface area contributed by atoms with Crippen molar-refractivity contribution in [2.45, 2.75) is 32.6 Å². The number of anilines is 2. The predicted molar refractivity (Wildman–Crippen MR) is 170 cm³/mol. The summed E-state index contributed by atoms with van der Waals surface area (Å²) in [6, 6.07) is 14.9. The Morgan fingerprint density at radius 1 is 0.733 bits per heavy atom. The second kappa shape index (κ2) is 10.7. The van der Waals surface area contributed by atoms with Gasteiger partial charge in [-0.3, -0.25) is 19.2 Å². The highest BCUT2D eigenvalue weighted by molar-refractivity contribution is 6.33. The Balaban J connectivity index is 1.35. The Hall–Kier alpha value is -4.14. The number of hydrogen-bond donors (Lipinski definition) is 1. The van der Waals surface area contributed by atoms with Crippen LogP contribution in [0.1, 0.15) is 35.4 Å². The summed E-state index contributed by atoms with van der Waals surface area (Å²) >= 11 is 12.8. The number of rotatable bonds is 4. The molecule has 4 amide bonds. The van der Waals surface area contributed by atoms with Crippen molar-refractivity contribution in [1.82, 2.24) is 0 Å². The second-order valence-electron chi connectivity index (χ2n) is 12.3. The SMILES string of the molecule is COc1cc(O)ccc1[C@H]1C2=CC[C@@H]3C(=O)N(c4ccc(C)c(Cl)c4)C(=O)[C@@H]3[C@@H]2C[C@H]2C(=O)N(c3ccc(C)c(Cl)c3)C(=O)[C@@H]12. The van der Waals surface area contributed by atoms with Gasteiger partial charge in [0, 0.05) is 27.6 Å². The third-order valence-electron chi connectivity index (χ3n) is 10.0. The molecule has 2 heterocycles. The van der Waals surface area contributed by atoms with E-state index in [0.29, 0.717) is 39.2 Å². The van der Waals surface area contributed by atoms with Crippen LogP contribution in [0.5, 0.6) is 11.5 Å². The first-order valence-corrected chi connectivity index (χ1v) is 15.6. The molecule has 10 heteroatoms. The smallest absolute Gasteiger partial charge is 0.238 e. The number of imide groups is 2. The Morgan fingerprint density at radius 2 is 1.31 bits per heavy atom. The number of phenolic OH excluding ortho intramolecular Hbond substituents is 1. The van der Waals surface area contributed by atoms with Crippen molar-refractivity contribution in [2.75, 3.05) is 16.9 Å². The van der Waals surface area contributed by atoms with Crippen molar-refractivity contribution in [3.8, 4) is 11.5 Å². The molecule has 2 aliphatic heterocycles. The average molecular weight is 646 g/mol. The molecule has 0 bridgehead atoms. The van der Waals surface area contributed by atoms with Gasteiger partial charge in [-0.25, -0.2) is 9.80 Å². The zero-order valence-electron chi connectivity index (χ0n) is 24.8. The number of methoxy groups -OCH3 is 1. The number of fused-ring (bicyclic) bond motifs is 4. The Kier molecular flexibility index (Phi) is 7.06. The fourth-order valence-corrected chi connectivity index (χ4v) is 8.19. The number of hydrogen-bond acceptors (Lipinski definition) is 6. The predicted octanol–water partition coefficient (Wildman–Crippen LogP) is 6.37. The van der Waals surface area contributed by atoms with E-state index < -0.39 is 35.5 Å². The highest BCUT2D eigenvalue weighted by atomic mass is 35.5. The first-order chi connectivity index (χ1) is 21.5. The van der Waals surface area contributed by atoms with E-state index in [1.54, 1.807) is 42.5 Å². The molecule has 45 heavy (non-hydrogen) atoms. The number of nitrogens with zero attached hydrogens (tertiary/aromatic N) is 2. The van der Waals surface area contributed by atoms with Gasteiger partial charge in [-0.15, -0.1) is 0 Å². The van der Waals surface area contributed by atoms with Crippen LogP contribution in [0.25, 0.3) is 0 Å². The van der Waals surface area contributed by atoms with Crippen molar-refractivity contribution in [2.24, 2.45) is 29.6 Å². The van der Waals surface area contributed by atoms with Crippen molar-refractivity contribution in [1.29, 1.82) is 0 Å². The molecule has 0 aromatic heterocycles. The van der Waals surface area contributed by atoms with E-state index in [0.717, 1.165) is 16.7 Å². The topological polar surface area (TPSA) is 104 Å². The van der Waals surface area contributed by atoms with Crippen LogP contribution in [0, 0.1) is 43.4 Å². The van der Waals surface area contributed by atoms with Crippen LogP contribution >= 0.6 is 23.2 Å². The van der Waals surface area contributed by atoms with Gasteiger partial charge in [0.15, 0.2) is 0 Å². The molecular formula is C35H30Cl2N2O6. The van der Waals surface area contributed by atoms with Gasteiger partial charge in [0.25, 0.3) is 0 Å². The van der Waals surface area contributed by atoms with Crippen LogP contribution in [0.4, 0.5) is 11.4 Å². The second-order valence-corrected chi connectivity index (χ2v) is 13.2. The number of benzene rings is 3. The van der Waals surface area contributed by atoms with E-state index in [9.17, 15) is 24.3 Å². The number of aromatic hydroxyl groups is 1. The number of phenols is 1. The molecule has 0 radical (unpaired) electrons. The number of allylic oxidation sites excluding steroid dienone is 2. The molecule has 3 aromatic carbocycles. The van der Waals surface area contributed by atoms with E-state index in [4.69, 9.17) is 27.9 Å². The minimum absolute atomic E-state index is 0.00841. The van der Waals surface area contributed by atoms with Crippen molar-refractivity contribution >= 4 is 58.2 Å². The number of ether oxygens (including phenoxy) is 1. The number of carbonyl (C=O) groups excluding carboxylic acids is 4. The third kappa shape index (κ3) is 4.41. The van der Waals surface area contributed by atoms with E-state index >= 15 is 0 Å². The molecule has 1 N–H and O–H groups in total. The van der Waals surface area contributed by atoms with Crippen molar-refractivity contribution < 1.29 is 29.0 Å². The maximum Gasteiger partial charge on any atom is 0.238 e. The molecule has 0 unspecified atom stereocenters. The molecule has 2 saturated heterocycles. The molecule has 0 spiro atoms. The number of amides is 4. The fourth-order valence-electron chi connectivity index (χ4n) is 7.84. The highest BCUT2D eigenvalue weighted by Crippen LogP contribution is 2.59. The Bertz CT molecular complexity index is 1850. The largest absolute Gasteiger partial charge is 0.508 e. The Morgan fingerprint density at radius 3 is 1.89 bits per heavy atom. The molecule has 3 aromatic rings. The Labute approximate surface area is 270 Å². The lowest BCUT2D eigenvalue weighted by Gasteiger charge is -2.44. The molecule has 230 valence electrons. The van der Waals surface area contributed by atoms with E-state index in [1.807, 2.05) is 19.9 Å². The van der Waals surface area contributed by atoms with Crippen molar-refractivity contribution in [3.63, 3.8) is 0 Å². The maximum absolute atomic E-state index is 14.3. The lowest BCUT2D eigenvalue weighted by atomic mass is 9.57. The van der Waals surface area contributed by atoms with Gasteiger partial charge in [-0.2, -0.15) is 0 Å². The summed E-state index contributed by atoms with van der Waals surface area (Å²) < 4.78 is 5.67. The first kappa shape index (κ1) is 29.6. The van der Waals surface area contributed by atoms with E-state index in [-0.39, 0.29) is 35.8 Å². The van der Waals surface area contributed by atoms with Gasteiger partial charge in [-0.05, 0) is 74.1 Å². The summed E-state index contributed by atoms with van der Waals surface area (Å²) in [5, 5.41) is 11.1. The zero-order valence-corrected chi connectivity index (χ0v) is 26.3. The summed E-state index contributed by atoms with van der Waals surface area (Å²) in [6.45, 7) is 3.69. The third-order valence-corrected chi connectivity index (χ3v) is 10.8.